The van der Waals surface area contributed by atoms with Gasteiger partial charge in [0, 0.05) is 12.1 Å². The molecule has 1 aromatic carbocycles. The Balaban J connectivity index is 2.66. The number of rotatable bonds is 7. The van der Waals surface area contributed by atoms with Crippen LogP contribution in [0.4, 0.5) is 4.79 Å². The third-order valence-corrected chi connectivity index (χ3v) is 2.99. The molecule has 0 saturated heterocycles. The van der Waals surface area contributed by atoms with Crippen LogP contribution in [-0.2, 0) is 11.3 Å². The third kappa shape index (κ3) is 5.72. The third-order valence-electron chi connectivity index (χ3n) is 2.99. The van der Waals surface area contributed by atoms with Crippen LogP contribution >= 0.6 is 0 Å². The van der Waals surface area contributed by atoms with Gasteiger partial charge >= 0.3 is 6.03 Å². The average Bonchev–Trinajstić information content (AvgIpc) is 2.43. The number of urea groups is 1. The van der Waals surface area contributed by atoms with Crippen LogP contribution in [0, 0.1) is 5.92 Å². The zero-order valence-corrected chi connectivity index (χ0v) is 12.7. The summed E-state index contributed by atoms with van der Waals surface area (Å²) in [6, 6.07) is 6.11. The highest BCUT2D eigenvalue weighted by Gasteiger charge is 2.20. The highest BCUT2D eigenvalue weighted by molar-refractivity contribution is 5.86. The number of ether oxygens (including phenoxy) is 1. The molecule has 0 aliphatic heterocycles. The molecule has 0 aliphatic carbocycles. The fraction of sp³-hybridized carbons (Fsp3) is 0.467. The minimum atomic E-state index is -0.701. The van der Waals surface area contributed by atoms with E-state index in [2.05, 4.69) is 10.6 Å². The van der Waals surface area contributed by atoms with E-state index < -0.39 is 12.1 Å². The molecule has 6 nitrogen and oxygen atoms in total. The number of amides is 3. The van der Waals surface area contributed by atoms with Gasteiger partial charge in [0.1, 0.15) is 11.8 Å². The van der Waals surface area contributed by atoms with Gasteiger partial charge in [0.25, 0.3) is 0 Å². The predicted octanol–water partition coefficient (Wildman–Crippen LogP) is 1.39. The van der Waals surface area contributed by atoms with Gasteiger partial charge in [-0.2, -0.15) is 0 Å². The summed E-state index contributed by atoms with van der Waals surface area (Å²) in [6.45, 7) is 4.28. The van der Waals surface area contributed by atoms with Gasteiger partial charge in [-0.25, -0.2) is 4.79 Å². The van der Waals surface area contributed by atoms with Crippen molar-refractivity contribution in [3.05, 3.63) is 29.8 Å². The molecule has 0 heterocycles. The fourth-order valence-electron chi connectivity index (χ4n) is 2.03. The van der Waals surface area contributed by atoms with E-state index in [4.69, 9.17) is 10.5 Å². The van der Waals surface area contributed by atoms with Crippen molar-refractivity contribution in [1.29, 1.82) is 0 Å². The van der Waals surface area contributed by atoms with E-state index in [0.717, 1.165) is 5.56 Å². The second kappa shape index (κ2) is 8.14. The molecule has 0 aliphatic rings. The van der Waals surface area contributed by atoms with E-state index in [1.165, 1.54) is 0 Å². The minimum Gasteiger partial charge on any atom is -0.496 e. The summed E-state index contributed by atoms with van der Waals surface area (Å²) >= 11 is 0. The van der Waals surface area contributed by atoms with Gasteiger partial charge in [-0.3, -0.25) is 4.79 Å². The Morgan fingerprint density at radius 1 is 1.29 bits per heavy atom. The van der Waals surface area contributed by atoms with Crippen molar-refractivity contribution in [2.24, 2.45) is 11.7 Å². The molecule has 0 spiro atoms. The van der Waals surface area contributed by atoms with Crippen molar-refractivity contribution in [3.63, 3.8) is 0 Å². The standard InChI is InChI=1S/C15H23N3O3/c1-10(2)8-12(18-15(16)20)14(19)17-9-11-6-4-5-7-13(11)21-3/h4-7,10,12H,8-9H2,1-3H3,(H,17,19)(H3,16,18,20)/t12-/m0/s1. The molecule has 0 radical (unpaired) electrons. The number of benzene rings is 1. The second-order valence-electron chi connectivity index (χ2n) is 5.22. The molecule has 4 N–H and O–H groups in total. The van der Waals surface area contributed by atoms with Crippen LogP contribution in [0.5, 0.6) is 5.75 Å². The second-order valence-corrected chi connectivity index (χ2v) is 5.22. The number of nitrogens with two attached hydrogens (primary N) is 1. The number of nitrogens with one attached hydrogen (secondary N) is 2. The van der Waals surface area contributed by atoms with Crippen LogP contribution in [0.25, 0.3) is 0 Å². The summed E-state index contributed by atoms with van der Waals surface area (Å²) in [5.74, 6) is 0.716. The quantitative estimate of drug-likeness (QED) is 0.709. The summed E-state index contributed by atoms with van der Waals surface area (Å²) in [5.41, 5.74) is 5.98. The van der Waals surface area contributed by atoms with Gasteiger partial charge < -0.3 is 21.1 Å². The maximum absolute atomic E-state index is 12.2. The van der Waals surface area contributed by atoms with Crippen LogP contribution in [0.3, 0.4) is 0 Å². The van der Waals surface area contributed by atoms with E-state index in [-0.39, 0.29) is 11.8 Å². The van der Waals surface area contributed by atoms with Gasteiger partial charge in [0.2, 0.25) is 5.91 Å². The summed E-state index contributed by atoms with van der Waals surface area (Å²) in [4.78, 5) is 23.1. The fourth-order valence-corrected chi connectivity index (χ4v) is 2.03. The Kier molecular flexibility index (Phi) is 6.52. The molecule has 0 saturated carbocycles. The summed E-state index contributed by atoms with van der Waals surface area (Å²) in [6.07, 6.45) is 0.528. The molecular weight excluding hydrogens is 270 g/mol. The first-order valence-corrected chi connectivity index (χ1v) is 6.89. The van der Waals surface area contributed by atoms with E-state index >= 15 is 0 Å². The molecule has 0 unspecified atom stereocenters. The first-order valence-electron chi connectivity index (χ1n) is 6.89. The Bertz CT molecular complexity index is 489. The van der Waals surface area contributed by atoms with Crippen molar-refractivity contribution in [1.82, 2.24) is 10.6 Å². The monoisotopic (exact) mass is 293 g/mol. The van der Waals surface area contributed by atoms with Crippen LogP contribution < -0.4 is 21.1 Å². The lowest BCUT2D eigenvalue weighted by Crippen LogP contribution is -2.49. The van der Waals surface area contributed by atoms with E-state index in [0.29, 0.717) is 18.7 Å². The molecular formula is C15H23N3O3. The van der Waals surface area contributed by atoms with Gasteiger partial charge in [-0.05, 0) is 18.4 Å². The van der Waals surface area contributed by atoms with Crippen molar-refractivity contribution < 1.29 is 14.3 Å². The van der Waals surface area contributed by atoms with Gasteiger partial charge in [-0.1, -0.05) is 32.0 Å². The van der Waals surface area contributed by atoms with Gasteiger partial charge in [-0.15, -0.1) is 0 Å². The summed E-state index contributed by atoms with van der Waals surface area (Å²) in [5, 5.41) is 5.27. The minimum absolute atomic E-state index is 0.256. The Hall–Kier alpha value is -2.24. The van der Waals surface area contributed by atoms with Crippen LogP contribution in [0.15, 0.2) is 24.3 Å². The van der Waals surface area contributed by atoms with E-state index in [9.17, 15) is 9.59 Å². The summed E-state index contributed by atoms with van der Waals surface area (Å²) in [7, 11) is 1.58. The van der Waals surface area contributed by atoms with Gasteiger partial charge in [0.05, 0.1) is 7.11 Å². The van der Waals surface area contributed by atoms with Crippen molar-refractivity contribution in [3.8, 4) is 5.75 Å². The highest BCUT2D eigenvalue weighted by atomic mass is 16.5. The van der Waals surface area contributed by atoms with Crippen molar-refractivity contribution in [2.45, 2.75) is 32.9 Å². The molecule has 6 heteroatoms. The lowest BCUT2D eigenvalue weighted by molar-refractivity contribution is -0.123. The van der Waals surface area contributed by atoms with E-state index in [1.807, 2.05) is 38.1 Å². The molecule has 1 aromatic rings. The zero-order valence-electron chi connectivity index (χ0n) is 12.7. The normalized spacial score (nSPS) is 11.8. The molecule has 1 rings (SSSR count). The van der Waals surface area contributed by atoms with Crippen LogP contribution in [0.1, 0.15) is 25.8 Å². The Morgan fingerprint density at radius 3 is 2.52 bits per heavy atom. The number of para-hydroxylation sites is 1. The number of carbonyl (C=O) groups excluding carboxylic acids is 2. The maximum Gasteiger partial charge on any atom is 0.312 e. The average molecular weight is 293 g/mol. The number of hydrogen-bond donors (Lipinski definition) is 3. The number of methoxy groups -OCH3 is 1. The highest BCUT2D eigenvalue weighted by Crippen LogP contribution is 2.16. The zero-order chi connectivity index (χ0) is 15.8. The lowest BCUT2D eigenvalue weighted by Gasteiger charge is -2.19. The number of primary amides is 1. The Labute approximate surface area is 125 Å². The first kappa shape index (κ1) is 16.8. The topological polar surface area (TPSA) is 93.4 Å². The molecule has 0 aromatic heterocycles. The largest absolute Gasteiger partial charge is 0.496 e. The van der Waals surface area contributed by atoms with Crippen LogP contribution in [-0.4, -0.2) is 25.1 Å². The number of carbonyl (C=O) groups is 2. The summed E-state index contributed by atoms with van der Waals surface area (Å²) < 4.78 is 5.23. The molecule has 21 heavy (non-hydrogen) atoms. The molecule has 0 bridgehead atoms. The maximum atomic E-state index is 12.2. The Morgan fingerprint density at radius 2 is 1.95 bits per heavy atom. The molecule has 116 valence electrons. The van der Waals surface area contributed by atoms with E-state index in [1.54, 1.807) is 7.11 Å². The molecule has 0 fully saturated rings. The van der Waals surface area contributed by atoms with Crippen molar-refractivity contribution >= 4 is 11.9 Å². The predicted molar refractivity (Wildman–Crippen MR) is 80.8 cm³/mol. The molecule has 3 amide bonds. The molecule has 1 atom stereocenters. The number of hydrogen-bond acceptors (Lipinski definition) is 3. The van der Waals surface area contributed by atoms with Crippen LogP contribution in [0.2, 0.25) is 0 Å². The lowest BCUT2D eigenvalue weighted by atomic mass is 10.0. The smallest absolute Gasteiger partial charge is 0.312 e. The first-order chi connectivity index (χ1) is 9.93. The SMILES string of the molecule is COc1ccccc1CNC(=O)[C@H](CC(C)C)NC(N)=O. The van der Waals surface area contributed by atoms with Crippen molar-refractivity contribution in [2.75, 3.05) is 7.11 Å². The van der Waals surface area contributed by atoms with Gasteiger partial charge in [0.15, 0.2) is 0 Å².